The maximum atomic E-state index is 12.1. The molecule has 2 aromatic rings. The van der Waals surface area contributed by atoms with Crippen LogP contribution >= 0.6 is 0 Å². The number of carbonyl (C=O) groups is 2. The van der Waals surface area contributed by atoms with Crippen LogP contribution in [-0.2, 0) is 19.4 Å². The largest absolute Gasteiger partial charge is 0.497 e. The van der Waals surface area contributed by atoms with E-state index in [1.165, 1.54) is 14.2 Å². The number of hydrogen-bond acceptors (Lipinski definition) is 7. The summed E-state index contributed by atoms with van der Waals surface area (Å²) in [6.45, 7) is 0.164. The van der Waals surface area contributed by atoms with Gasteiger partial charge in [-0.05, 0) is 55.0 Å². The van der Waals surface area contributed by atoms with Crippen LogP contribution in [0.15, 0.2) is 48.5 Å². The van der Waals surface area contributed by atoms with Crippen LogP contribution in [0.5, 0.6) is 11.5 Å². The number of ether oxygens (including phenoxy) is 3. The SMILES string of the molecule is COC(=O)c1ccc(OCCCS(=O)(=O)CC(=O)Nc2ccc(OC)cc2)cc1. The van der Waals surface area contributed by atoms with Crippen molar-refractivity contribution in [1.29, 1.82) is 0 Å². The number of nitrogens with one attached hydrogen (secondary N) is 1. The van der Waals surface area contributed by atoms with Crippen molar-refractivity contribution in [1.82, 2.24) is 0 Å². The van der Waals surface area contributed by atoms with Crippen LogP contribution in [0.1, 0.15) is 16.8 Å². The summed E-state index contributed by atoms with van der Waals surface area (Å²) in [4.78, 5) is 23.3. The van der Waals surface area contributed by atoms with Gasteiger partial charge in [-0.2, -0.15) is 0 Å². The fourth-order valence-electron chi connectivity index (χ4n) is 2.42. The highest BCUT2D eigenvalue weighted by atomic mass is 32.2. The van der Waals surface area contributed by atoms with Crippen molar-refractivity contribution in [2.24, 2.45) is 0 Å². The topological polar surface area (TPSA) is 108 Å². The molecule has 29 heavy (non-hydrogen) atoms. The van der Waals surface area contributed by atoms with Crippen LogP contribution in [-0.4, -0.2) is 52.6 Å². The summed E-state index contributed by atoms with van der Waals surface area (Å²) in [7, 11) is -0.742. The zero-order chi connectivity index (χ0) is 21.3. The lowest BCUT2D eigenvalue weighted by molar-refractivity contribution is -0.113. The van der Waals surface area contributed by atoms with E-state index in [1.807, 2.05) is 0 Å². The first-order chi connectivity index (χ1) is 13.8. The summed E-state index contributed by atoms with van der Waals surface area (Å²) in [5, 5.41) is 2.54. The molecule has 2 rings (SSSR count). The van der Waals surface area contributed by atoms with Crippen molar-refractivity contribution < 1.29 is 32.2 Å². The Balaban J connectivity index is 1.74. The number of methoxy groups -OCH3 is 2. The molecule has 0 spiro atoms. The standard InChI is InChI=1S/C20H23NO7S/c1-26-17-10-6-16(7-11-17)21-19(22)14-29(24,25)13-3-12-28-18-8-4-15(5-9-18)20(23)27-2/h4-11H,3,12-14H2,1-2H3,(H,21,22). The quantitative estimate of drug-likeness (QED) is 0.463. The molecule has 9 heteroatoms. The normalized spacial score (nSPS) is 10.8. The third-order valence-electron chi connectivity index (χ3n) is 3.87. The van der Waals surface area contributed by atoms with E-state index in [0.717, 1.165) is 0 Å². The highest BCUT2D eigenvalue weighted by molar-refractivity contribution is 7.92. The maximum absolute atomic E-state index is 12.1. The number of carbonyl (C=O) groups excluding carboxylic acids is 2. The monoisotopic (exact) mass is 421 g/mol. The second-order valence-electron chi connectivity index (χ2n) is 6.09. The molecule has 0 saturated carbocycles. The maximum Gasteiger partial charge on any atom is 0.337 e. The molecule has 0 aliphatic carbocycles. The van der Waals surface area contributed by atoms with Crippen molar-refractivity contribution in [2.75, 3.05) is 37.6 Å². The number of anilines is 1. The predicted octanol–water partition coefficient (Wildman–Crippen LogP) is 2.30. The third kappa shape index (κ3) is 7.46. The minimum Gasteiger partial charge on any atom is -0.497 e. The molecule has 0 radical (unpaired) electrons. The van der Waals surface area contributed by atoms with Crippen molar-refractivity contribution in [3.63, 3.8) is 0 Å². The lowest BCUT2D eigenvalue weighted by atomic mass is 10.2. The van der Waals surface area contributed by atoms with Crippen molar-refractivity contribution >= 4 is 27.4 Å². The molecule has 0 aromatic heterocycles. The molecule has 1 amide bonds. The zero-order valence-electron chi connectivity index (χ0n) is 16.2. The van der Waals surface area contributed by atoms with Crippen molar-refractivity contribution in [2.45, 2.75) is 6.42 Å². The summed E-state index contributed by atoms with van der Waals surface area (Å²) in [6.07, 6.45) is 0.233. The Morgan fingerprint density at radius 1 is 0.931 bits per heavy atom. The van der Waals surface area contributed by atoms with E-state index in [4.69, 9.17) is 9.47 Å². The van der Waals surface area contributed by atoms with Gasteiger partial charge < -0.3 is 19.5 Å². The van der Waals surface area contributed by atoms with Gasteiger partial charge in [-0.15, -0.1) is 0 Å². The van der Waals surface area contributed by atoms with E-state index >= 15 is 0 Å². The summed E-state index contributed by atoms with van der Waals surface area (Å²) in [6, 6.07) is 12.9. The molecule has 8 nitrogen and oxygen atoms in total. The van der Waals surface area contributed by atoms with Crippen LogP contribution in [0, 0.1) is 0 Å². The number of rotatable bonds is 10. The Kier molecular flexibility index (Phi) is 8.02. The number of sulfone groups is 1. The second kappa shape index (κ2) is 10.5. The average molecular weight is 421 g/mol. The van der Waals surface area contributed by atoms with E-state index in [2.05, 4.69) is 10.1 Å². The first-order valence-corrected chi connectivity index (χ1v) is 10.6. The summed E-state index contributed by atoms with van der Waals surface area (Å²) >= 11 is 0. The van der Waals surface area contributed by atoms with Gasteiger partial charge >= 0.3 is 5.97 Å². The lowest BCUT2D eigenvalue weighted by Gasteiger charge is -2.09. The first kappa shape index (κ1) is 22.2. The van der Waals surface area contributed by atoms with E-state index in [1.54, 1.807) is 48.5 Å². The fraction of sp³-hybridized carbons (Fsp3) is 0.300. The molecule has 1 N–H and O–H groups in total. The van der Waals surface area contributed by atoms with E-state index in [0.29, 0.717) is 22.7 Å². The van der Waals surface area contributed by atoms with Crippen LogP contribution in [0.25, 0.3) is 0 Å². The van der Waals surface area contributed by atoms with Gasteiger partial charge in [0.15, 0.2) is 9.84 Å². The van der Waals surface area contributed by atoms with Gasteiger partial charge in [-0.1, -0.05) is 0 Å². The van der Waals surface area contributed by atoms with Gasteiger partial charge in [-0.3, -0.25) is 4.79 Å². The molecular formula is C20H23NO7S. The van der Waals surface area contributed by atoms with Crippen LogP contribution in [0.2, 0.25) is 0 Å². The molecule has 0 bridgehead atoms. The van der Waals surface area contributed by atoms with Gasteiger partial charge in [0.05, 0.1) is 32.1 Å². The molecule has 0 aliphatic heterocycles. The Hall–Kier alpha value is -3.07. The highest BCUT2D eigenvalue weighted by Gasteiger charge is 2.17. The number of amides is 1. The molecule has 0 aliphatic rings. The van der Waals surface area contributed by atoms with Gasteiger partial charge in [0.25, 0.3) is 0 Å². The van der Waals surface area contributed by atoms with E-state index < -0.39 is 27.5 Å². The number of benzene rings is 2. The smallest absolute Gasteiger partial charge is 0.337 e. The summed E-state index contributed by atoms with van der Waals surface area (Å²) in [5.41, 5.74) is 0.884. The number of hydrogen-bond donors (Lipinski definition) is 1. The van der Waals surface area contributed by atoms with E-state index in [-0.39, 0.29) is 18.8 Å². The van der Waals surface area contributed by atoms with Gasteiger partial charge in [0.1, 0.15) is 17.3 Å². The molecule has 0 fully saturated rings. The first-order valence-electron chi connectivity index (χ1n) is 8.78. The van der Waals surface area contributed by atoms with Gasteiger partial charge in [0.2, 0.25) is 5.91 Å². The average Bonchev–Trinajstić information content (AvgIpc) is 2.71. The Morgan fingerprint density at radius 2 is 1.55 bits per heavy atom. The molecule has 0 unspecified atom stereocenters. The zero-order valence-corrected chi connectivity index (χ0v) is 17.0. The van der Waals surface area contributed by atoms with Crippen LogP contribution < -0.4 is 14.8 Å². The predicted molar refractivity (Wildman–Crippen MR) is 108 cm³/mol. The summed E-state index contributed by atoms with van der Waals surface area (Å²) in [5.74, 6) is -0.691. The Labute approximate surface area is 169 Å². The van der Waals surface area contributed by atoms with Crippen LogP contribution in [0.4, 0.5) is 5.69 Å². The lowest BCUT2D eigenvalue weighted by Crippen LogP contribution is -2.25. The molecule has 0 heterocycles. The second-order valence-corrected chi connectivity index (χ2v) is 8.27. The van der Waals surface area contributed by atoms with E-state index in [9.17, 15) is 18.0 Å². The minimum atomic E-state index is -3.57. The molecule has 2 aromatic carbocycles. The Bertz CT molecular complexity index is 922. The van der Waals surface area contributed by atoms with Crippen molar-refractivity contribution in [3.05, 3.63) is 54.1 Å². The number of esters is 1. The van der Waals surface area contributed by atoms with Crippen LogP contribution in [0.3, 0.4) is 0 Å². The minimum absolute atomic E-state index is 0.164. The Morgan fingerprint density at radius 3 is 2.14 bits per heavy atom. The highest BCUT2D eigenvalue weighted by Crippen LogP contribution is 2.15. The summed E-state index contributed by atoms with van der Waals surface area (Å²) < 4.78 is 39.3. The fourth-order valence-corrected chi connectivity index (χ4v) is 3.59. The molecule has 0 saturated heterocycles. The molecular weight excluding hydrogens is 398 g/mol. The van der Waals surface area contributed by atoms with Gasteiger partial charge in [0, 0.05) is 5.69 Å². The molecule has 0 atom stereocenters. The molecule has 156 valence electrons. The van der Waals surface area contributed by atoms with Gasteiger partial charge in [-0.25, -0.2) is 13.2 Å². The van der Waals surface area contributed by atoms with Crippen molar-refractivity contribution in [3.8, 4) is 11.5 Å². The third-order valence-corrected chi connectivity index (χ3v) is 5.48.